The Morgan fingerprint density at radius 1 is 1.57 bits per heavy atom. The Bertz CT molecular complexity index is 394. The van der Waals surface area contributed by atoms with Crippen LogP contribution in [0.2, 0.25) is 0 Å². The zero-order chi connectivity index (χ0) is 10.8. The van der Waals surface area contributed by atoms with Crippen LogP contribution in [0.4, 0.5) is 0 Å². The van der Waals surface area contributed by atoms with Crippen molar-refractivity contribution in [1.29, 1.82) is 0 Å². The molecule has 0 aromatic carbocycles. The highest BCUT2D eigenvalue weighted by atomic mass is 32.2. The van der Waals surface area contributed by atoms with Gasteiger partial charge in [-0.2, -0.15) is 5.10 Å². The van der Waals surface area contributed by atoms with Gasteiger partial charge in [-0.25, -0.2) is 13.6 Å². The van der Waals surface area contributed by atoms with Crippen LogP contribution in [0.25, 0.3) is 0 Å². The predicted octanol–water partition coefficient (Wildman–Crippen LogP) is 0.328. The van der Waals surface area contributed by atoms with Crippen LogP contribution in [0.15, 0.2) is 12.3 Å². The Kier molecular flexibility index (Phi) is 3.28. The van der Waals surface area contributed by atoms with Gasteiger partial charge in [0, 0.05) is 12.7 Å². The van der Waals surface area contributed by atoms with Crippen molar-refractivity contribution >= 4 is 10.0 Å². The first kappa shape index (κ1) is 11.2. The van der Waals surface area contributed by atoms with Crippen molar-refractivity contribution < 1.29 is 8.42 Å². The molecule has 0 saturated carbocycles. The van der Waals surface area contributed by atoms with Gasteiger partial charge < -0.3 is 0 Å². The average Bonchev–Trinajstić information content (AvgIpc) is 2.30. The van der Waals surface area contributed by atoms with Crippen molar-refractivity contribution in [2.75, 3.05) is 0 Å². The molecule has 0 bridgehead atoms. The minimum atomic E-state index is -3.47. The third-order valence-electron chi connectivity index (χ3n) is 1.60. The van der Waals surface area contributed by atoms with Gasteiger partial charge in [0.15, 0.2) is 0 Å². The first-order valence-electron chi connectivity index (χ1n) is 4.39. The van der Waals surface area contributed by atoms with E-state index in [9.17, 15) is 8.42 Å². The Morgan fingerprint density at radius 3 is 2.71 bits per heavy atom. The minimum Gasteiger partial charge on any atom is -0.272 e. The molecule has 14 heavy (non-hydrogen) atoms. The second-order valence-corrected chi connectivity index (χ2v) is 5.34. The monoisotopic (exact) mass is 217 g/mol. The average molecular weight is 217 g/mol. The summed E-state index contributed by atoms with van der Waals surface area (Å²) in [5.41, 5.74) is 0.494. The summed E-state index contributed by atoms with van der Waals surface area (Å²) < 4.78 is 23.2. The van der Waals surface area contributed by atoms with Gasteiger partial charge in [0.1, 0.15) is 5.75 Å². The summed E-state index contributed by atoms with van der Waals surface area (Å²) in [5, 5.41) is 8.99. The van der Waals surface area contributed by atoms with E-state index in [4.69, 9.17) is 5.14 Å². The number of rotatable bonds is 4. The predicted molar refractivity (Wildman–Crippen MR) is 53.9 cm³/mol. The molecule has 0 saturated heterocycles. The van der Waals surface area contributed by atoms with E-state index in [2.05, 4.69) is 18.9 Å². The largest absolute Gasteiger partial charge is 0.272 e. The van der Waals surface area contributed by atoms with Gasteiger partial charge >= 0.3 is 0 Å². The van der Waals surface area contributed by atoms with Crippen LogP contribution < -0.4 is 5.14 Å². The van der Waals surface area contributed by atoms with Crippen molar-refractivity contribution in [3.05, 3.63) is 18.0 Å². The molecule has 1 heterocycles. The molecule has 0 radical (unpaired) electrons. The van der Waals surface area contributed by atoms with Crippen molar-refractivity contribution in [3.8, 4) is 0 Å². The molecule has 0 aliphatic heterocycles. The molecule has 0 amide bonds. The molecule has 0 aliphatic rings. The normalized spacial score (nSPS) is 12.3. The molecule has 80 valence electrons. The molecular weight excluding hydrogens is 202 g/mol. The number of nitrogens with two attached hydrogens (primary N) is 1. The van der Waals surface area contributed by atoms with Crippen LogP contribution in [0, 0.1) is 5.92 Å². The first-order valence-corrected chi connectivity index (χ1v) is 6.11. The molecule has 1 rings (SSSR count). The first-order chi connectivity index (χ1) is 6.37. The lowest BCUT2D eigenvalue weighted by Gasteiger charge is -2.03. The molecule has 1 aromatic rings. The SMILES string of the molecule is CC(C)Cn1ccc(CS(N)(=O)=O)n1. The number of nitrogens with zero attached hydrogens (tertiary/aromatic N) is 2. The van der Waals surface area contributed by atoms with Crippen LogP contribution in [0.3, 0.4) is 0 Å². The maximum atomic E-state index is 10.8. The van der Waals surface area contributed by atoms with E-state index in [1.807, 2.05) is 0 Å². The quantitative estimate of drug-likeness (QED) is 0.789. The summed E-state index contributed by atoms with van der Waals surface area (Å²) in [4.78, 5) is 0. The second-order valence-electron chi connectivity index (χ2n) is 3.73. The number of hydrogen-bond acceptors (Lipinski definition) is 3. The van der Waals surface area contributed by atoms with Gasteiger partial charge in [-0.3, -0.25) is 4.68 Å². The van der Waals surface area contributed by atoms with Crippen LogP contribution in [-0.4, -0.2) is 18.2 Å². The van der Waals surface area contributed by atoms with Gasteiger partial charge in [-0.05, 0) is 12.0 Å². The molecule has 2 N–H and O–H groups in total. The smallest absolute Gasteiger partial charge is 0.214 e. The van der Waals surface area contributed by atoms with Gasteiger partial charge in [0.2, 0.25) is 10.0 Å². The Labute approximate surface area is 84.0 Å². The Morgan fingerprint density at radius 2 is 2.21 bits per heavy atom. The summed E-state index contributed by atoms with van der Waals surface area (Å²) in [6.45, 7) is 4.92. The van der Waals surface area contributed by atoms with E-state index < -0.39 is 10.0 Å². The molecule has 0 unspecified atom stereocenters. The number of aromatic nitrogens is 2. The van der Waals surface area contributed by atoms with Crippen molar-refractivity contribution in [1.82, 2.24) is 9.78 Å². The highest BCUT2D eigenvalue weighted by Gasteiger charge is 2.08. The van der Waals surface area contributed by atoms with E-state index in [-0.39, 0.29) is 5.75 Å². The van der Waals surface area contributed by atoms with E-state index >= 15 is 0 Å². The van der Waals surface area contributed by atoms with Gasteiger partial charge in [-0.15, -0.1) is 0 Å². The third-order valence-corrected chi connectivity index (χ3v) is 2.30. The van der Waals surface area contributed by atoms with Crippen LogP contribution >= 0.6 is 0 Å². The maximum absolute atomic E-state index is 10.8. The highest BCUT2D eigenvalue weighted by Crippen LogP contribution is 2.03. The van der Waals surface area contributed by atoms with E-state index in [1.54, 1.807) is 16.9 Å². The van der Waals surface area contributed by atoms with Gasteiger partial charge in [0.25, 0.3) is 0 Å². The zero-order valence-corrected chi connectivity index (χ0v) is 9.16. The lowest BCUT2D eigenvalue weighted by atomic mass is 10.2. The number of primary sulfonamides is 1. The van der Waals surface area contributed by atoms with Crippen molar-refractivity contribution in [2.24, 2.45) is 11.1 Å². The fraction of sp³-hybridized carbons (Fsp3) is 0.625. The fourth-order valence-corrected chi connectivity index (χ4v) is 1.73. The Hall–Kier alpha value is -0.880. The standard InChI is InChI=1S/C8H15N3O2S/c1-7(2)5-11-4-3-8(10-11)6-14(9,12)13/h3-4,7H,5-6H2,1-2H3,(H2,9,12,13). The number of sulfonamides is 1. The van der Waals surface area contributed by atoms with Crippen LogP contribution in [-0.2, 0) is 22.3 Å². The molecule has 0 fully saturated rings. The maximum Gasteiger partial charge on any atom is 0.214 e. The van der Waals surface area contributed by atoms with E-state index in [0.717, 1.165) is 6.54 Å². The van der Waals surface area contributed by atoms with Crippen LogP contribution in [0.1, 0.15) is 19.5 Å². The van der Waals surface area contributed by atoms with Crippen molar-refractivity contribution in [2.45, 2.75) is 26.1 Å². The molecule has 6 heteroatoms. The third kappa shape index (κ3) is 3.89. The van der Waals surface area contributed by atoms with Gasteiger partial charge in [-0.1, -0.05) is 13.8 Å². The highest BCUT2D eigenvalue weighted by molar-refractivity contribution is 7.88. The molecule has 0 atom stereocenters. The fourth-order valence-electron chi connectivity index (χ4n) is 1.16. The molecule has 1 aromatic heterocycles. The lowest BCUT2D eigenvalue weighted by molar-refractivity contribution is 0.480. The summed E-state index contributed by atoms with van der Waals surface area (Å²) in [6.07, 6.45) is 1.76. The lowest BCUT2D eigenvalue weighted by Crippen LogP contribution is -2.15. The molecule has 0 aliphatic carbocycles. The van der Waals surface area contributed by atoms with Crippen molar-refractivity contribution in [3.63, 3.8) is 0 Å². The van der Waals surface area contributed by atoms with Gasteiger partial charge in [0.05, 0.1) is 5.69 Å². The second kappa shape index (κ2) is 4.10. The summed E-state index contributed by atoms with van der Waals surface area (Å²) in [5.74, 6) is 0.287. The Balaban J connectivity index is 2.69. The summed E-state index contributed by atoms with van der Waals surface area (Å²) in [7, 11) is -3.47. The molecular formula is C8H15N3O2S. The van der Waals surface area contributed by atoms with E-state index in [1.165, 1.54) is 0 Å². The molecule has 0 spiro atoms. The van der Waals surface area contributed by atoms with Crippen LogP contribution in [0.5, 0.6) is 0 Å². The van der Waals surface area contributed by atoms with E-state index in [0.29, 0.717) is 11.6 Å². The molecule has 5 nitrogen and oxygen atoms in total. The zero-order valence-electron chi connectivity index (χ0n) is 8.34. The topological polar surface area (TPSA) is 78.0 Å². The number of hydrogen-bond donors (Lipinski definition) is 1. The minimum absolute atomic E-state index is 0.196. The summed E-state index contributed by atoms with van der Waals surface area (Å²) >= 11 is 0. The summed E-state index contributed by atoms with van der Waals surface area (Å²) in [6, 6.07) is 1.67.